The number of nitrogens with one attached hydrogen (secondary N) is 1. The first-order valence-electron chi connectivity index (χ1n) is 10.8. The number of rotatable bonds is 5. The van der Waals surface area contributed by atoms with Crippen molar-refractivity contribution >= 4 is 32.7 Å². The number of aromatic nitrogens is 3. The number of methoxy groups -OCH3 is 1. The van der Waals surface area contributed by atoms with Crippen molar-refractivity contribution in [2.45, 2.75) is 25.8 Å². The molecule has 0 radical (unpaired) electrons. The molecular formula is C24H24FN5O2S. The highest BCUT2D eigenvalue weighted by molar-refractivity contribution is 7.22. The fraction of sp³-hybridized carbons (Fsp3) is 0.292. The molecule has 4 aromatic rings. The summed E-state index contributed by atoms with van der Waals surface area (Å²) in [5.74, 6) is 0.187. The van der Waals surface area contributed by atoms with Crippen LogP contribution in [0.2, 0.25) is 0 Å². The minimum atomic E-state index is -0.279. The van der Waals surface area contributed by atoms with E-state index < -0.39 is 0 Å². The third-order valence-corrected chi connectivity index (χ3v) is 7.11. The Balaban J connectivity index is 1.28. The molecule has 5 rings (SSSR count). The third-order valence-electron chi connectivity index (χ3n) is 5.90. The van der Waals surface area contributed by atoms with Crippen LogP contribution in [0.25, 0.3) is 16.0 Å². The normalized spacial score (nSPS) is 14.6. The van der Waals surface area contributed by atoms with E-state index in [9.17, 15) is 9.18 Å². The van der Waals surface area contributed by atoms with Gasteiger partial charge in [0.15, 0.2) is 10.8 Å². The number of hydrogen-bond donors (Lipinski definition) is 1. The Morgan fingerprint density at radius 3 is 2.61 bits per heavy atom. The van der Waals surface area contributed by atoms with E-state index in [-0.39, 0.29) is 17.8 Å². The van der Waals surface area contributed by atoms with Crippen LogP contribution in [0, 0.1) is 12.7 Å². The number of thiazole rings is 1. The number of carbonyl (C=O) groups is 1. The summed E-state index contributed by atoms with van der Waals surface area (Å²) in [5, 5.41) is 8.67. The Kier molecular flexibility index (Phi) is 5.72. The summed E-state index contributed by atoms with van der Waals surface area (Å²) in [6, 6.07) is 13.6. The molecule has 2 aromatic heterocycles. The van der Waals surface area contributed by atoms with E-state index >= 15 is 0 Å². The number of amides is 1. The summed E-state index contributed by atoms with van der Waals surface area (Å²) in [4.78, 5) is 19.8. The number of ether oxygens (including phenoxy) is 1. The maximum Gasteiger partial charge on any atom is 0.255 e. The van der Waals surface area contributed by atoms with Crippen molar-refractivity contribution in [3.8, 4) is 11.4 Å². The summed E-state index contributed by atoms with van der Waals surface area (Å²) in [5.41, 5.74) is 3.02. The van der Waals surface area contributed by atoms with E-state index in [0.717, 1.165) is 52.8 Å². The van der Waals surface area contributed by atoms with E-state index in [1.807, 2.05) is 19.1 Å². The first-order chi connectivity index (χ1) is 16.0. The summed E-state index contributed by atoms with van der Waals surface area (Å²) >= 11 is 1.62. The van der Waals surface area contributed by atoms with Crippen molar-refractivity contribution in [3.05, 3.63) is 65.6 Å². The van der Waals surface area contributed by atoms with Crippen LogP contribution in [0.1, 0.15) is 28.9 Å². The lowest BCUT2D eigenvalue weighted by molar-refractivity contribution is 0.0928. The van der Waals surface area contributed by atoms with Crippen molar-refractivity contribution in [2.24, 2.45) is 0 Å². The SMILES string of the molecule is COc1ccccc1C(=O)NC1CCN(c2nc3c(s2)c(C)nn3-c2ccc(F)cc2)CC1. The van der Waals surface area contributed by atoms with Crippen LogP contribution in [0.15, 0.2) is 48.5 Å². The number of nitrogens with zero attached hydrogens (tertiary/aromatic N) is 4. The van der Waals surface area contributed by atoms with Gasteiger partial charge in [0, 0.05) is 19.1 Å². The van der Waals surface area contributed by atoms with Crippen molar-refractivity contribution < 1.29 is 13.9 Å². The number of hydrogen-bond acceptors (Lipinski definition) is 6. The number of aryl methyl sites for hydroxylation is 1. The maximum atomic E-state index is 13.3. The highest BCUT2D eigenvalue weighted by Crippen LogP contribution is 2.33. The van der Waals surface area contributed by atoms with Crippen LogP contribution in [0.5, 0.6) is 5.75 Å². The molecule has 0 aliphatic carbocycles. The second kappa shape index (κ2) is 8.82. The summed E-state index contributed by atoms with van der Waals surface area (Å²) < 4.78 is 21.4. The van der Waals surface area contributed by atoms with Gasteiger partial charge in [-0.25, -0.2) is 9.07 Å². The molecule has 1 fully saturated rings. The zero-order chi connectivity index (χ0) is 22.9. The zero-order valence-corrected chi connectivity index (χ0v) is 19.2. The van der Waals surface area contributed by atoms with Gasteiger partial charge < -0.3 is 15.0 Å². The zero-order valence-electron chi connectivity index (χ0n) is 18.4. The molecule has 9 heteroatoms. The Bertz CT molecular complexity index is 1290. The lowest BCUT2D eigenvalue weighted by atomic mass is 10.0. The van der Waals surface area contributed by atoms with Crippen molar-refractivity contribution in [1.82, 2.24) is 20.1 Å². The highest BCUT2D eigenvalue weighted by atomic mass is 32.1. The van der Waals surface area contributed by atoms with E-state index in [0.29, 0.717) is 11.3 Å². The van der Waals surface area contributed by atoms with E-state index in [1.165, 1.54) is 12.1 Å². The number of para-hydroxylation sites is 1. The molecule has 1 aliphatic rings. The molecule has 0 saturated carbocycles. The molecule has 0 spiro atoms. The average Bonchev–Trinajstić information content (AvgIpc) is 3.40. The molecule has 170 valence electrons. The van der Waals surface area contributed by atoms with Crippen molar-refractivity contribution in [2.75, 3.05) is 25.1 Å². The summed E-state index contributed by atoms with van der Waals surface area (Å²) in [6.07, 6.45) is 1.67. The van der Waals surface area contributed by atoms with Crippen molar-refractivity contribution in [3.63, 3.8) is 0 Å². The second-order valence-electron chi connectivity index (χ2n) is 8.06. The Morgan fingerprint density at radius 1 is 1.15 bits per heavy atom. The molecule has 7 nitrogen and oxygen atoms in total. The minimum absolute atomic E-state index is 0.101. The molecule has 3 heterocycles. The number of fused-ring (bicyclic) bond motifs is 1. The Labute approximate surface area is 194 Å². The fourth-order valence-corrected chi connectivity index (χ4v) is 5.17. The van der Waals surface area contributed by atoms with Crippen LogP contribution < -0.4 is 15.0 Å². The van der Waals surface area contributed by atoms with Gasteiger partial charge >= 0.3 is 0 Å². The second-order valence-corrected chi connectivity index (χ2v) is 9.04. The number of benzene rings is 2. The Morgan fingerprint density at radius 2 is 1.88 bits per heavy atom. The molecule has 2 aromatic carbocycles. The number of piperidine rings is 1. The molecule has 1 aliphatic heterocycles. The first-order valence-corrected chi connectivity index (χ1v) is 11.7. The van der Waals surface area contributed by atoms with Gasteiger partial charge in [-0.05, 0) is 56.2 Å². The highest BCUT2D eigenvalue weighted by Gasteiger charge is 2.25. The fourth-order valence-electron chi connectivity index (χ4n) is 4.13. The van der Waals surface area contributed by atoms with Crippen LogP contribution in [-0.4, -0.2) is 46.9 Å². The van der Waals surface area contributed by atoms with Crippen LogP contribution in [-0.2, 0) is 0 Å². The number of carbonyl (C=O) groups excluding carboxylic acids is 1. The third kappa shape index (κ3) is 4.16. The smallest absolute Gasteiger partial charge is 0.255 e. The quantitative estimate of drug-likeness (QED) is 0.475. The number of anilines is 1. The lowest BCUT2D eigenvalue weighted by Gasteiger charge is -2.32. The molecule has 0 unspecified atom stereocenters. The summed E-state index contributed by atoms with van der Waals surface area (Å²) in [7, 11) is 1.57. The molecule has 1 N–H and O–H groups in total. The van der Waals surface area contributed by atoms with E-state index in [4.69, 9.17) is 9.72 Å². The molecular weight excluding hydrogens is 441 g/mol. The molecule has 0 atom stereocenters. The standard InChI is InChI=1S/C24H24FN5O2S/c1-15-21-22(30(28-15)18-9-7-16(25)8-10-18)27-24(33-21)29-13-11-17(12-14-29)26-23(31)19-5-3-4-6-20(19)32-2/h3-10,17H,11-14H2,1-2H3,(H,26,31). The topological polar surface area (TPSA) is 72.3 Å². The average molecular weight is 466 g/mol. The lowest BCUT2D eigenvalue weighted by Crippen LogP contribution is -2.44. The van der Waals surface area contributed by atoms with E-state index in [2.05, 4.69) is 15.3 Å². The first kappa shape index (κ1) is 21.4. The van der Waals surface area contributed by atoms with Gasteiger partial charge in [-0.15, -0.1) is 0 Å². The predicted molar refractivity (Wildman–Crippen MR) is 127 cm³/mol. The van der Waals surface area contributed by atoms with Gasteiger partial charge in [-0.1, -0.05) is 23.5 Å². The monoisotopic (exact) mass is 465 g/mol. The molecule has 1 amide bonds. The van der Waals surface area contributed by atoms with Gasteiger partial charge in [0.05, 0.1) is 28.8 Å². The summed E-state index contributed by atoms with van der Waals surface area (Å²) in [6.45, 7) is 3.57. The molecule has 0 bridgehead atoms. The number of halogens is 1. The minimum Gasteiger partial charge on any atom is -0.496 e. The maximum absolute atomic E-state index is 13.3. The molecule has 1 saturated heterocycles. The van der Waals surface area contributed by atoms with E-state index in [1.54, 1.807) is 47.4 Å². The van der Waals surface area contributed by atoms with Gasteiger partial charge in [0.1, 0.15) is 11.6 Å². The molecule has 33 heavy (non-hydrogen) atoms. The van der Waals surface area contributed by atoms with Crippen LogP contribution in [0.3, 0.4) is 0 Å². The van der Waals surface area contributed by atoms with Gasteiger partial charge in [-0.2, -0.15) is 10.1 Å². The van der Waals surface area contributed by atoms with Gasteiger partial charge in [0.25, 0.3) is 5.91 Å². The Hall–Kier alpha value is -3.46. The van der Waals surface area contributed by atoms with Crippen LogP contribution in [0.4, 0.5) is 9.52 Å². The largest absolute Gasteiger partial charge is 0.496 e. The van der Waals surface area contributed by atoms with Gasteiger partial charge in [0.2, 0.25) is 0 Å². The van der Waals surface area contributed by atoms with Crippen LogP contribution >= 0.6 is 11.3 Å². The van der Waals surface area contributed by atoms with Crippen molar-refractivity contribution in [1.29, 1.82) is 0 Å². The van der Waals surface area contributed by atoms with Gasteiger partial charge in [-0.3, -0.25) is 4.79 Å². The predicted octanol–water partition coefficient (Wildman–Crippen LogP) is 4.34.